The van der Waals surface area contributed by atoms with Crippen molar-refractivity contribution in [1.29, 1.82) is 5.26 Å². The van der Waals surface area contributed by atoms with Crippen LogP contribution in [0.1, 0.15) is 47.2 Å². The van der Waals surface area contributed by atoms with Crippen molar-refractivity contribution in [2.24, 2.45) is 5.92 Å². The van der Waals surface area contributed by atoms with E-state index in [2.05, 4.69) is 5.32 Å². The summed E-state index contributed by atoms with van der Waals surface area (Å²) in [5.41, 5.74) is -0.974. The van der Waals surface area contributed by atoms with Gasteiger partial charge < -0.3 is 5.32 Å². The van der Waals surface area contributed by atoms with E-state index in [0.717, 1.165) is 31.0 Å². The van der Waals surface area contributed by atoms with Gasteiger partial charge >= 0.3 is 6.18 Å². The highest BCUT2D eigenvalue weighted by Gasteiger charge is 2.38. The summed E-state index contributed by atoms with van der Waals surface area (Å²) >= 11 is 0. The molecule has 1 aromatic carbocycles. The van der Waals surface area contributed by atoms with Crippen LogP contribution in [0, 0.1) is 17.2 Å². The summed E-state index contributed by atoms with van der Waals surface area (Å²) in [5.74, 6) is -0.411. The molecular weight excluding hydrogens is 293 g/mol. The first-order valence-electron chi connectivity index (χ1n) is 7.30. The van der Waals surface area contributed by atoms with Crippen molar-refractivity contribution in [3.05, 3.63) is 34.9 Å². The highest BCUT2D eigenvalue weighted by Crippen LogP contribution is 2.35. The van der Waals surface area contributed by atoms with E-state index in [1.54, 1.807) is 6.07 Å². The molecule has 2 unspecified atom stereocenters. The number of carbonyl (C=O) groups excluding carboxylic acids is 1. The molecule has 0 spiro atoms. The lowest BCUT2D eigenvalue weighted by atomic mass is 9.84. The molecule has 0 amide bonds. The number of alkyl halides is 3. The lowest BCUT2D eigenvalue weighted by molar-refractivity contribution is -0.137. The van der Waals surface area contributed by atoms with Crippen LogP contribution in [0.5, 0.6) is 0 Å². The van der Waals surface area contributed by atoms with Gasteiger partial charge in [-0.2, -0.15) is 18.4 Å². The van der Waals surface area contributed by atoms with Crippen LogP contribution in [-0.2, 0) is 6.18 Å². The SMILES string of the molecule is N#Cc1cc(C(F)(F)F)ccc1C(=O)C1CC2CCC(C1)N2. The van der Waals surface area contributed by atoms with E-state index < -0.39 is 11.7 Å². The lowest BCUT2D eigenvalue weighted by Gasteiger charge is -2.28. The number of ketones is 1. The van der Waals surface area contributed by atoms with Crippen molar-refractivity contribution < 1.29 is 18.0 Å². The van der Waals surface area contributed by atoms with Gasteiger partial charge in [-0.25, -0.2) is 0 Å². The summed E-state index contributed by atoms with van der Waals surface area (Å²) in [6.07, 6.45) is -1.05. The standard InChI is InChI=1S/C16H15F3N2O/c17-16(18,19)11-1-4-14(10(5-11)8-20)15(22)9-6-12-2-3-13(7-9)21-12/h1,4-5,9,12-13,21H,2-3,6-7H2. The van der Waals surface area contributed by atoms with Crippen LogP contribution in [0.4, 0.5) is 13.2 Å². The minimum absolute atomic E-state index is 0.113. The fraction of sp³-hybridized carbons (Fsp3) is 0.500. The smallest absolute Gasteiger partial charge is 0.311 e. The highest BCUT2D eigenvalue weighted by molar-refractivity contribution is 6.00. The predicted molar refractivity (Wildman–Crippen MR) is 73.2 cm³/mol. The number of piperidine rings is 1. The van der Waals surface area contributed by atoms with Gasteiger partial charge in [-0.1, -0.05) is 0 Å². The van der Waals surface area contributed by atoms with Crippen LogP contribution >= 0.6 is 0 Å². The van der Waals surface area contributed by atoms with Gasteiger partial charge in [0.25, 0.3) is 0 Å². The Balaban J connectivity index is 1.88. The number of carbonyl (C=O) groups is 1. The van der Waals surface area contributed by atoms with Gasteiger partial charge in [-0.05, 0) is 43.9 Å². The second kappa shape index (κ2) is 5.40. The van der Waals surface area contributed by atoms with Gasteiger partial charge in [-0.3, -0.25) is 4.79 Å². The summed E-state index contributed by atoms with van der Waals surface area (Å²) in [6, 6.07) is 5.15. The maximum Gasteiger partial charge on any atom is 0.416 e. The Labute approximate surface area is 126 Å². The van der Waals surface area contributed by atoms with E-state index in [9.17, 15) is 18.0 Å². The van der Waals surface area contributed by atoms with Gasteiger partial charge in [-0.15, -0.1) is 0 Å². The molecular formula is C16H15F3N2O. The molecule has 2 saturated heterocycles. The van der Waals surface area contributed by atoms with Crippen molar-refractivity contribution in [2.75, 3.05) is 0 Å². The number of halogens is 3. The van der Waals surface area contributed by atoms with Crippen molar-refractivity contribution in [2.45, 2.75) is 43.9 Å². The monoisotopic (exact) mass is 308 g/mol. The zero-order valence-corrected chi connectivity index (χ0v) is 11.8. The van der Waals surface area contributed by atoms with Crippen LogP contribution in [0.2, 0.25) is 0 Å². The van der Waals surface area contributed by atoms with Crippen LogP contribution < -0.4 is 5.32 Å². The second-order valence-electron chi connectivity index (χ2n) is 6.04. The van der Waals surface area contributed by atoms with Crippen molar-refractivity contribution >= 4 is 5.78 Å². The molecule has 2 fully saturated rings. The molecule has 2 heterocycles. The molecule has 1 aromatic rings. The number of benzene rings is 1. The topological polar surface area (TPSA) is 52.9 Å². The highest BCUT2D eigenvalue weighted by atomic mass is 19.4. The summed E-state index contributed by atoms with van der Waals surface area (Å²) in [6.45, 7) is 0. The molecule has 3 nitrogen and oxygen atoms in total. The second-order valence-corrected chi connectivity index (χ2v) is 6.04. The Morgan fingerprint density at radius 1 is 1.23 bits per heavy atom. The van der Waals surface area contributed by atoms with Crippen molar-refractivity contribution in [3.8, 4) is 6.07 Å². The van der Waals surface area contributed by atoms with Gasteiger partial charge in [0.15, 0.2) is 5.78 Å². The third kappa shape index (κ3) is 2.73. The minimum Gasteiger partial charge on any atom is -0.311 e. The number of rotatable bonds is 2. The number of hydrogen-bond acceptors (Lipinski definition) is 3. The average molecular weight is 308 g/mol. The van der Waals surface area contributed by atoms with Crippen molar-refractivity contribution in [1.82, 2.24) is 5.32 Å². The zero-order chi connectivity index (χ0) is 15.9. The average Bonchev–Trinajstić information content (AvgIpc) is 2.83. The molecule has 116 valence electrons. The molecule has 2 aliphatic rings. The third-order valence-electron chi connectivity index (χ3n) is 4.58. The number of nitriles is 1. The fourth-order valence-electron chi connectivity index (χ4n) is 3.52. The zero-order valence-electron chi connectivity index (χ0n) is 11.8. The Hall–Kier alpha value is -1.87. The molecule has 3 rings (SSSR count). The maximum atomic E-state index is 12.7. The predicted octanol–water partition coefficient (Wildman–Crippen LogP) is 3.29. The largest absolute Gasteiger partial charge is 0.416 e. The Kier molecular flexibility index (Phi) is 3.69. The molecule has 2 atom stereocenters. The number of Topliss-reactive ketones (excluding diaryl/α,β-unsaturated/α-hetero) is 1. The maximum absolute atomic E-state index is 12.7. The Morgan fingerprint density at radius 3 is 2.41 bits per heavy atom. The van der Waals surface area contributed by atoms with Crippen LogP contribution in [-0.4, -0.2) is 17.9 Å². The molecule has 1 N–H and O–H groups in total. The minimum atomic E-state index is -4.51. The lowest BCUT2D eigenvalue weighted by Crippen LogP contribution is -2.40. The van der Waals surface area contributed by atoms with Gasteiger partial charge in [0.05, 0.1) is 17.2 Å². The van der Waals surface area contributed by atoms with E-state index >= 15 is 0 Å². The van der Waals surface area contributed by atoms with Gasteiger partial charge in [0.1, 0.15) is 0 Å². The van der Waals surface area contributed by atoms with E-state index in [4.69, 9.17) is 5.26 Å². The number of nitrogens with zero attached hydrogens (tertiary/aromatic N) is 1. The first-order valence-corrected chi connectivity index (χ1v) is 7.30. The number of fused-ring (bicyclic) bond motifs is 2. The molecule has 6 heteroatoms. The van der Waals surface area contributed by atoms with Gasteiger partial charge in [0, 0.05) is 23.6 Å². The van der Waals surface area contributed by atoms with E-state index in [0.29, 0.717) is 24.9 Å². The van der Waals surface area contributed by atoms with Crippen LogP contribution in [0.15, 0.2) is 18.2 Å². The summed E-state index contributed by atoms with van der Waals surface area (Å²) in [7, 11) is 0. The normalized spacial score (nSPS) is 27.5. The van der Waals surface area contributed by atoms with Crippen LogP contribution in [0.3, 0.4) is 0 Å². The van der Waals surface area contributed by atoms with E-state index in [1.165, 1.54) is 0 Å². The van der Waals surface area contributed by atoms with Crippen molar-refractivity contribution in [3.63, 3.8) is 0 Å². The number of hydrogen-bond donors (Lipinski definition) is 1. The molecule has 0 radical (unpaired) electrons. The van der Waals surface area contributed by atoms with E-state index in [1.807, 2.05) is 0 Å². The number of nitrogens with one attached hydrogen (secondary N) is 1. The molecule has 2 bridgehead atoms. The summed E-state index contributed by atoms with van der Waals surface area (Å²) in [4.78, 5) is 12.6. The molecule has 22 heavy (non-hydrogen) atoms. The molecule has 0 saturated carbocycles. The summed E-state index contributed by atoms with van der Waals surface area (Å²) < 4.78 is 38.1. The quantitative estimate of drug-likeness (QED) is 0.853. The first-order chi connectivity index (χ1) is 10.4. The third-order valence-corrected chi connectivity index (χ3v) is 4.58. The fourth-order valence-corrected chi connectivity index (χ4v) is 3.52. The Bertz CT molecular complexity index is 636. The molecule has 2 aliphatic heterocycles. The summed E-state index contributed by atoms with van der Waals surface area (Å²) in [5, 5.41) is 12.5. The first kappa shape index (κ1) is 15.0. The van der Waals surface area contributed by atoms with Crippen LogP contribution in [0.25, 0.3) is 0 Å². The van der Waals surface area contributed by atoms with E-state index in [-0.39, 0.29) is 22.8 Å². The van der Waals surface area contributed by atoms with Gasteiger partial charge in [0.2, 0.25) is 0 Å². The Morgan fingerprint density at radius 2 is 1.86 bits per heavy atom. The molecule has 0 aromatic heterocycles. The molecule has 0 aliphatic carbocycles.